The van der Waals surface area contributed by atoms with Gasteiger partial charge in [-0.15, -0.1) is 0 Å². The molecular formula is C13H29N3. The molecule has 0 amide bonds. The third-order valence-electron chi connectivity index (χ3n) is 4.00. The SMILES string of the molecule is CCN(CC)CCN1CCC(C(C)N)CC1. The fourth-order valence-electron chi connectivity index (χ4n) is 2.53. The summed E-state index contributed by atoms with van der Waals surface area (Å²) in [5.41, 5.74) is 5.95. The van der Waals surface area contributed by atoms with Gasteiger partial charge in [-0.2, -0.15) is 0 Å². The Bertz CT molecular complexity index is 170. The van der Waals surface area contributed by atoms with Crippen molar-refractivity contribution in [3.05, 3.63) is 0 Å². The van der Waals surface area contributed by atoms with Gasteiger partial charge >= 0.3 is 0 Å². The van der Waals surface area contributed by atoms with Crippen molar-refractivity contribution in [2.24, 2.45) is 11.7 Å². The largest absolute Gasteiger partial charge is 0.328 e. The number of hydrogen-bond donors (Lipinski definition) is 1. The molecule has 0 aromatic rings. The van der Waals surface area contributed by atoms with Crippen molar-refractivity contribution in [2.45, 2.75) is 39.7 Å². The quantitative estimate of drug-likeness (QED) is 0.744. The average molecular weight is 227 g/mol. The van der Waals surface area contributed by atoms with Crippen molar-refractivity contribution in [3.8, 4) is 0 Å². The fraction of sp³-hybridized carbons (Fsp3) is 1.00. The van der Waals surface area contributed by atoms with Crippen LogP contribution >= 0.6 is 0 Å². The first-order chi connectivity index (χ1) is 7.67. The molecule has 3 nitrogen and oxygen atoms in total. The van der Waals surface area contributed by atoms with Gasteiger partial charge in [0.25, 0.3) is 0 Å². The molecule has 0 spiro atoms. The van der Waals surface area contributed by atoms with Gasteiger partial charge in [0.15, 0.2) is 0 Å². The number of nitrogens with zero attached hydrogens (tertiary/aromatic N) is 2. The van der Waals surface area contributed by atoms with E-state index in [4.69, 9.17) is 5.73 Å². The predicted molar refractivity (Wildman–Crippen MR) is 70.6 cm³/mol. The minimum Gasteiger partial charge on any atom is -0.328 e. The Morgan fingerprint density at radius 3 is 2.25 bits per heavy atom. The lowest BCUT2D eigenvalue weighted by Gasteiger charge is -2.34. The number of nitrogens with two attached hydrogens (primary N) is 1. The summed E-state index contributed by atoms with van der Waals surface area (Å²) in [6.07, 6.45) is 2.58. The second-order valence-electron chi connectivity index (χ2n) is 5.07. The number of rotatable bonds is 6. The van der Waals surface area contributed by atoms with Crippen molar-refractivity contribution >= 4 is 0 Å². The first-order valence-electron chi connectivity index (χ1n) is 6.87. The van der Waals surface area contributed by atoms with Gasteiger partial charge in [0.1, 0.15) is 0 Å². The molecule has 0 saturated carbocycles. The van der Waals surface area contributed by atoms with E-state index < -0.39 is 0 Å². The Balaban J connectivity index is 2.17. The van der Waals surface area contributed by atoms with Gasteiger partial charge in [0.05, 0.1) is 0 Å². The molecule has 1 aliphatic rings. The normalized spacial score (nSPS) is 21.6. The highest BCUT2D eigenvalue weighted by molar-refractivity contribution is 4.77. The third kappa shape index (κ3) is 4.40. The van der Waals surface area contributed by atoms with Crippen molar-refractivity contribution in [1.29, 1.82) is 0 Å². The van der Waals surface area contributed by atoms with Crippen LogP contribution in [0.5, 0.6) is 0 Å². The molecule has 0 radical (unpaired) electrons. The van der Waals surface area contributed by atoms with E-state index in [9.17, 15) is 0 Å². The topological polar surface area (TPSA) is 32.5 Å². The zero-order valence-corrected chi connectivity index (χ0v) is 11.3. The van der Waals surface area contributed by atoms with Crippen LogP contribution in [-0.4, -0.2) is 55.1 Å². The van der Waals surface area contributed by atoms with E-state index in [1.54, 1.807) is 0 Å². The number of likely N-dealkylation sites (N-methyl/N-ethyl adjacent to an activating group) is 1. The van der Waals surface area contributed by atoms with Gasteiger partial charge in [-0.25, -0.2) is 0 Å². The molecule has 1 heterocycles. The number of hydrogen-bond acceptors (Lipinski definition) is 3. The molecule has 16 heavy (non-hydrogen) atoms. The Kier molecular flexibility index (Phi) is 6.32. The summed E-state index contributed by atoms with van der Waals surface area (Å²) >= 11 is 0. The van der Waals surface area contributed by atoms with Crippen molar-refractivity contribution in [2.75, 3.05) is 39.3 Å². The summed E-state index contributed by atoms with van der Waals surface area (Å²) in [6.45, 7) is 13.9. The molecule has 0 aliphatic carbocycles. The van der Waals surface area contributed by atoms with Crippen LogP contribution in [-0.2, 0) is 0 Å². The standard InChI is InChI=1S/C13H29N3/c1-4-15(5-2)10-11-16-8-6-13(7-9-16)12(3)14/h12-13H,4-11,14H2,1-3H3. The highest BCUT2D eigenvalue weighted by Gasteiger charge is 2.21. The Labute approximate surface area is 101 Å². The number of piperidine rings is 1. The fourth-order valence-corrected chi connectivity index (χ4v) is 2.53. The maximum absolute atomic E-state index is 5.95. The van der Waals surface area contributed by atoms with Gasteiger partial charge in [-0.05, 0) is 51.9 Å². The second-order valence-corrected chi connectivity index (χ2v) is 5.07. The van der Waals surface area contributed by atoms with Gasteiger partial charge in [0, 0.05) is 19.1 Å². The molecule has 1 atom stereocenters. The molecule has 96 valence electrons. The Morgan fingerprint density at radius 2 is 1.81 bits per heavy atom. The molecule has 1 saturated heterocycles. The predicted octanol–water partition coefficient (Wildman–Crippen LogP) is 1.39. The second kappa shape index (κ2) is 7.25. The summed E-state index contributed by atoms with van der Waals surface area (Å²) in [6, 6.07) is 0.380. The van der Waals surface area contributed by atoms with Crippen molar-refractivity contribution in [1.82, 2.24) is 9.80 Å². The number of likely N-dealkylation sites (tertiary alicyclic amines) is 1. The summed E-state index contributed by atoms with van der Waals surface area (Å²) in [4.78, 5) is 5.09. The zero-order valence-electron chi connectivity index (χ0n) is 11.3. The van der Waals surface area contributed by atoms with E-state index in [-0.39, 0.29) is 0 Å². The first-order valence-corrected chi connectivity index (χ1v) is 6.87. The van der Waals surface area contributed by atoms with Crippen LogP contribution in [0.1, 0.15) is 33.6 Å². The van der Waals surface area contributed by atoms with Crippen LogP contribution in [0.4, 0.5) is 0 Å². The maximum Gasteiger partial charge on any atom is 0.0109 e. The van der Waals surface area contributed by atoms with Gasteiger partial charge in [-0.3, -0.25) is 0 Å². The van der Waals surface area contributed by atoms with Crippen molar-refractivity contribution < 1.29 is 0 Å². The molecule has 0 aromatic heterocycles. The summed E-state index contributed by atoms with van der Waals surface area (Å²) < 4.78 is 0. The molecule has 0 bridgehead atoms. The van der Waals surface area contributed by atoms with Crippen LogP contribution < -0.4 is 5.73 Å². The lowest BCUT2D eigenvalue weighted by atomic mass is 9.91. The van der Waals surface area contributed by atoms with E-state index in [0.29, 0.717) is 6.04 Å². The van der Waals surface area contributed by atoms with Crippen LogP contribution in [0.2, 0.25) is 0 Å². The highest BCUT2D eigenvalue weighted by atomic mass is 15.2. The lowest BCUT2D eigenvalue weighted by Crippen LogP contribution is -2.42. The molecular weight excluding hydrogens is 198 g/mol. The monoisotopic (exact) mass is 227 g/mol. The van der Waals surface area contributed by atoms with E-state index in [0.717, 1.165) is 5.92 Å². The molecule has 3 heteroatoms. The minimum atomic E-state index is 0.380. The van der Waals surface area contributed by atoms with Gasteiger partial charge in [0.2, 0.25) is 0 Å². The molecule has 1 rings (SSSR count). The average Bonchev–Trinajstić information content (AvgIpc) is 2.31. The zero-order chi connectivity index (χ0) is 12.0. The Morgan fingerprint density at radius 1 is 1.25 bits per heavy atom. The van der Waals surface area contributed by atoms with Gasteiger partial charge in [-0.1, -0.05) is 13.8 Å². The maximum atomic E-state index is 5.95. The summed E-state index contributed by atoms with van der Waals surface area (Å²) in [7, 11) is 0. The van der Waals surface area contributed by atoms with E-state index in [1.165, 1.54) is 52.1 Å². The lowest BCUT2D eigenvalue weighted by molar-refractivity contribution is 0.151. The summed E-state index contributed by atoms with van der Waals surface area (Å²) in [5.74, 6) is 0.754. The summed E-state index contributed by atoms with van der Waals surface area (Å²) in [5, 5.41) is 0. The van der Waals surface area contributed by atoms with E-state index in [2.05, 4.69) is 30.6 Å². The Hall–Kier alpha value is -0.120. The smallest absolute Gasteiger partial charge is 0.0109 e. The van der Waals surface area contributed by atoms with Crippen LogP contribution in [0, 0.1) is 5.92 Å². The van der Waals surface area contributed by atoms with Crippen molar-refractivity contribution in [3.63, 3.8) is 0 Å². The minimum absolute atomic E-state index is 0.380. The highest BCUT2D eigenvalue weighted by Crippen LogP contribution is 2.19. The van der Waals surface area contributed by atoms with E-state index >= 15 is 0 Å². The molecule has 1 aliphatic heterocycles. The first kappa shape index (κ1) is 13.9. The molecule has 1 unspecified atom stereocenters. The molecule has 1 fully saturated rings. The molecule has 2 N–H and O–H groups in total. The van der Waals surface area contributed by atoms with Crippen LogP contribution in [0.25, 0.3) is 0 Å². The third-order valence-corrected chi connectivity index (χ3v) is 4.00. The van der Waals surface area contributed by atoms with Gasteiger partial charge < -0.3 is 15.5 Å². The van der Waals surface area contributed by atoms with Crippen LogP contribution in [0.15, 0.2) is 0 Å². The molecule has 0 aromatic carbocycles. The van der Waals surface area contributed by atoms with Crippen LogP contribution in [0.3, 0.4) is 0 Å². The van der Waals surface area contributed by atoms with E-state index in [1.807, 2.05) is 0 Å².